The van der Waals surface area contributed by atoms with Crippen LogP contribution in [0.15, 0.2) is 67.3 Å². The highest BCUT2D eigenvalue weighted by molar-refractivity contribution is 5.85. The number of nitrogens with zero attached hydrogens (tertiary/aromatic N) is 5. The van der Waals surface area contributed by atoms with Crippen LogP contribution in [0.1, 0.15) is 11.1 Å². The zero-order chi connectivity index (χ0) is 19.1. The van der Waals surface area contributed by atoms with Crippen LogP contribution in [0.25, 0.3) is 33.7 Å². The Balaban J connectivity index is 1.71. The molecule has 2 aromatic carbocycles. The van der Waals surface area contributed by atoms with Gasteiger partial charge in [-0.05, 0) is 24.1 Å². The lowest BCUT2D eigenvalue weighted by Gasteiger charge is -2.16. The maximum Gasteiger partial charge on any atom is 0.165 e. The third-order valence-electron chi connectivity index (χ3n) is 4.94. The molecule has 0 saturated carbocycles. The molecule has 5 rings (SSSR count). The van der Waals surface area contributed by atoms with E-state index in [-0.39, 0.29) is 0 Å². The Bertz CT molecular complexity index is 1260. The molecule has 0 bridgehead atoms. The molecule has 2 aliphatic heterocycles. The van der Waals surface area contributed by atoms with Gasteiger partial charge in [0, 0.05) is 10.9 Å². The second-order valence-electron chi connectivity index (χ2n) is 6.81. The summed E-state index contributed by atoms with van der Waals surface area (Å²) in [4.78, 5) is 17.9. The van der Waals surface area contributed by atoms with Crippen LogP contribution in [0, 0.1) is 6.92 Å². The molecular formula is C22H18N6. The van der Waals surface area contributed by atoms with Crippen molar-refractivity contribution in [1.82, 2.24) is 24.5 Å². The number of anilines is 1. The van der Waals surface area contributed by atoms with E-state index in [0.717, 1.165) is 39.1 Å². The van der Waals surface area contributed by atoms with E-state index in [2.05, 4.69) is 58.3 Å². The fourth-order valence-electron chi connectivity index (χ4n) is 3.56. The topological polar surface area (TPSA) is 82.5 Å². The second kappa shape index (κ2) is 6.42. The van der Waals surface area contributed by atoms with E-state index < -0.39 is 0 Å². The van der Waals surface area contributed by atoms with Crippen molar-refractivity contribution in [2.75, 3.05) is 5.73 Å². The van der Waals surface area contributed by atoms with E-state index >= 15 is 0 Å². The number of imidazole rings is 1. The Hall–Kier alpha value is -3.80. The molecule has 3 aromatic rings. The van der Waals surface area contributed by atoms with Crippen molar-refractivity contribution in [3.05, 3.63) is 78.4 Å². The van der Waals surface area contributed by atoms with Gasteiger partial charge in [-0.3, -0.25) is 0 Å². The number of hydrogen-bond acceptors (Lipinski definition) is 5. The number of rotatable bonds is 3. The first-order valence-corrected chi connectivity index (χ1v) is 9.06. The molecular weight excluding hydrogens is 348 g/mol. The minimum Gasteiger partial charge on any atom is -0.382 e. The van der Waals surface area contributed by atoms with E-state index in [0.29, 0.717) is 18.1 Å². The molecule has 2 N–H and O–H groups in total. The SMILES string of the molecule is Cc1cccc2cc(Cn3cnc(N)c4ncnc3-4)c(-c3ccccc3)nc12. The van der Waals surface area contributed by atoms with E-state index in [1.54, 1.807) is 6.33 Å². The summed E-state index contributed by atoms with van der Waals surface area (Å²) in [5, 5.41) is 1.11. The minimum absolute atomic E-state index is 0.388. The van der Waals surface area contributed by atoms with Gasteiger partial charge in [-0.2, -0.15) is 0 Å². The Kier molecular flexibility index (Phi) is 3.76. The average molecular weight is 366 g/mol. The van der Waals surface area contributed by atoms with E-state index in [4.69, 9.17) is 10.7 Å². The lowest BCUT2D eigenvalue weighted by atomic mass is 10.0. The molecule has 6 nitrogen and oxygen atoms in total. The van der Waals surface area contributed by atoms with Crippen molar-refractivity contribution in [2.45, 2.75) is 13.5 Å². The highest BCUT2D eigenvalue weighted by Gasteiger charge is 2.17. The summed E-state index contributed by atoms with van der Waals surface area (Å²) < 4.78 is 1.96. The van der Waals surface area contributed by atoms with E-state index in [1.165, 1.54) is 6.33 Å². The first-order valence-electron chi connectivity index (χ1n) is 9.06. The van der Waals surface area contributed by atoms with Crippen molar-refractivity contribution >= 4 is 16.7 Å². The summed E-state index contributed by atoms with van der Waals surface area (Å²) in [5.41, 5.74) is 11.9. The maximum atomic E-state index is 5.94. The minimum atomic E-state index is 0.388. The smallest absolute Gasteiger partial charge is 0.165 e. The van der Waals surface area contributed by atoms with Gasteiger partial charge in [-0.15, -0.1) is 0 Å². The number of nitrogens with two attached hydrogens (primary N) is 1. The van der Waals surface area contributed by atoms with Gasteiger partial charge in [0.2, 0.25) is 0 Å². The Morgan fingerprint density at radius 3 is 2.64 bits per heavy atom. The number of hydrogen-bond donors (Lipinski definition) is 1. The Morgan fingerprint density at radius 1 is 0.929 bits per heavy atom. The van der Waals surface area contributed by atoms with E-state index in [9.17, 15) is 0 Å². The summed E-state index contributed by atoms with van der Waals surface area (Å²) in [6.45, 7) is 2.66. The molecule has 0 radical (unpaired) electrons. The van der Waals surface area contributed by atoms with Crippen LogP contribution >= 0.6 is 0 Å². The number of fused-ring (bicyclic) bond motifs is 2. The molecule has 0 unspecified atom stereocenters. The number of pyridine rings is 1. The quantitative estimate of drug-likeness (QED) is 0.523. The standard InChI is InChI=1S/C22H18N6/c1-14-6-5-9-16-10-17(19(27-18(14)16)15-7-3-2-4-8-15)11-28-13-26-21(23)20-22(28)25-12-24-20/h2-10,12-13H,11,23H2,1H3. The predicted molar refractivity (Wildman–Crippen MR) is 110 cm³/mol. The lowest BCUT2D eigenvalue weighted by molar-refractivity contribution is 0.762. The first kappa shape index (κ1) is 16.4. The molecule has 0 spiro atoms. The number of para-hydroxylation sites is 1. The van der Waals surface area contributed by atoms with Gasteiger partial charge in [-0.1, -0.05) is 48.5 Å². The van der Waals surface area contributed by atoms with Gasteiger partial charge in [0.1, 0.15) is 12.0 Å². The number of nitrogen functional groups attached to an aromatic ring is 1. The van der Waals surface area contributed by atoms with Gasteiger partial charge in [-0.25, -0.2) is 19.9 Å². The summed E-state index contributed by atoms with van der Waals surface area (Å²) in [6.07, 6.45) is 3.22. The monoisotopic (exact) mass is 366 g/mol. The molecule has 0 fully saturated rings. The second-order valence-corrected chi connectivity index (χ2v) is 6.81. The van der Waals surface area contributed by atoms with Crippen molar-refractivity contribution in [3.8, 4) is 22.8 Å². The third-order valence-corrected chi connectivity index (χ3v) is 4.94. The van der Waals surface area contributed by atoms with Crippen LogP contribution in [0.4, 0.5) is 5.82 Å². The van der Waals surface area contributed by atoms with Gasteiger partial charge in [0.05, 0.1) is 24.1 Å². The molecule has 0 aliphatic carbocycles. The molecule has 3 heterocycles. The predicted octanol–water partition coefficient (Wildman–Crippen LogP) is 3.93. The molecule has 1 aromatic heterocycles. The van der Waals surface area contributed by atoms with Crippen molar-refractivity contribution in [3.63, 3.8) is 0 Å². The van der Waals surface area contributed by atoms with Gasteiger partial charge < -0.3 is 10.3 Å². The van der Waals surface area contributed by atoms with Crippen LogP contribution in [0.2, 0.25) is 0 Å². The fourth-order valence-corrected chi connectivity index (χ4v) is 3.56. The average Bonchev–Trinajstić information content (AvgIpc) is 3.22. The largest absolute Gasteiger partial charge is 0.382 e. The van der Waals surface area contributed by atoms with Crippen LogP contribution < -0.4 is 5.73 Å². The summed E-state index contributed by atoms with van der Waals surface area (Å²) in [5.74, 6) is 1.11. The van der Waals surface area contributed by atoms with E-state index in [1.807, 2.05) is 22.8 Å². The maximum absolute atomic E-state index is 5.94. The Morgan fingerprint density at radius 2 is 1.79 bits per heavy atom. The summed E-state index contributed by atoms with van der Waals surface area (Å²) in [7, 11) is 0. The third kappa shape index (κ3) is 2.66. The van der Waals surface area contributed by atoms with Crippen LogP contribution in [0.5, 0.6) is 0 Å². The van der Waals surface area contributed by atoms with Gasteiger partial charge >= 0.3 is 0 Å². The van der Waals surface area contributed by atoms with Crippen molar-refractivity contribution in [1.29, 1.82) is 0 Å². The van der Waals surface area contributed by atoms with Crippen LogP contribution in [0.3, 0.4) is 0 Å². The number of benzene rings is 2. The van der Waals surface area contributed by atoms with Crippen molar-refractivity contribution < 1.29 is 0 Å². The normalized spacial score (nSPS) is 11.3. The molecule has 2 aliphatic rings. The zero-order valence-corrected chi connectivity index (χ0v) is 15.4. The first-order chi connectivity index (χ1) is 13.7. The van der Waals surface area contributed by atoms with Crippen molar-refractivity contribution in [2.24, 2.45) is 0 Å². The molecule has 0 atom stereocenters. The fraction of sp³-hybridized carbons (Fsp3) is 0.0909. The highest BCUT2D eigenvalue weighted by Crippen LogP contribution is 2.29. The molecule has 0 amide bonds. The summed E-state index contributed by atoms with van der Waals surface area (Å²) in [6, 6.07) is 18.7. The lowest BCUT2D eigenvalue weighted by Crippen LogP contribution is -2.10. The number of aryl methyl sites for hydroxylation is 1. The Labute approximate surface area is 162 Å². The zero-order valence-electron chi connectivity index (χ0n) is 15.4. The van der Waals surface area contributed by atoms with Gasteiger partial charge in [0.25, 0.3) is 0 Å². The van der Waals surface area contributed by atoms with Gasteiger partial charge in [0.15, 0.2) is 11.6 Å². The molecule has 0 saturated heterocycles. The van der Waals surface area contributed by atoms with Crippen LogP contribution in [-0.4, -0.2) is 24.5 Å². The van der Waals surface area contributed by atoms with Crippen LogP contribution in [-0.2, 0) is 6.54 Å². The molecule has 136 valence electrons. The number of aromatic nitrogens is 5. The molecule has 28 heavy (non-hydrogen) atoms. The summed E-state index contributed by atoms with van der Waals surface area (Å²) >= 11 is 0. The highest BCUT2D eigenvalue weighted by atomic mass is 15.1. The molecule has 6 heteroatoms.